The molecule has 0 radical (unpaired) electrons. The van der Waals surface area contributed by atoms with Crippen LogP contribution in [0.4, 0.5) is 4.39 Å². The van der Waals surface area contributed by atoms with Gasteiger partial charge in [-0.25, -0.2) is 9.37 Å². The molecule has 0 aliphatic rings. The number of rotatable bonds is 2. The Balaban J connectivity index is 2.42. The molecule has 1 heterocycles. The van der Waals surface area contributed by atoms with E-state index in [4.69, 9.17) is 0 Å². The third-order valence-corrected chi connectivity index (χ3v) is 3.36. The van der Waals surface area contributed by atoms with Crippen LogP contribution in [0.1, 0.15) is 31.0 Å². The van der Waals surface area contributed by atoms with Crippen molar-refractivity contribution < 1.29 is 4.39 Å². The van der Waals surface area contributed by atoms with Gasteiger partial charge < -0.3 is 0 Å². The fourth-order valence-corrected chi connectivity index (χ4v) is 2.48. The van der Waals surface area contributed by atoms with Crippen LogP contribution in [-0.4, -0.2) is 4.98 Å². The maximum atomic E-state index is 13.7. The molecule has 1 aromatic heterocycles. The van der Waals surface area contributed by atoms with Gasteiger partial charge in [0.05, 0.1) is 5.69 Å². The summed E-state index contributed by atoms with van der Waals surface area (Å²) in [5.41, 5.74) is 2.56. The summed E-state index contributed by atoms with van der Waals surface area (Å²) in [5, 5.41) is 2.76. The van der Waals surface area contributed by atoms with Crippen molar-refractivity contribution in [3.8, 4) is 10.6 Å². The normalized spacial score (nSPS) is 11.1. The van der Waals surface area contributed by atoms with E-state index >= 15 is 0 Å². The van der Waals surface area contributed by atoms with Gasteiger partial charge in [0.15, 0.2) is 0 Å². The molecule has 1 nitrogen and oxygen atoms in total. The number of aromatic nitrogens is 1. The van der Waals surface area contributed by atoms with E-state index < -0.39 is 0 Å². The SMILES string of the molecule is Cc1ccc(-c2nc(C(C)C)cs2)c(F)c1. The maximum absolute atomic E-state index is 13.7. The van der Waals surface area contributed by atoms with E-state index in [0.29, 0.717) is 11.5 Å². The molecular weight excluding hydrogens is 221 g/mol. The minimum absolute atomic E-state index is 0.190. The minimum Gasteiger partial charge on any atom is -0.241 e. The van der Waals surface area contributed by atoms with Crippen molar-refractivity contribution in [3.05, 3.63) is 40.7 Å². The van der Waals surface area contributed by atoms with Gasteiger partial charge in [0.2, 0.25) is 0 Å². The highest BCUT2D eigenvalue weighted by Gasteiger charge is 2.11. The van der Waals surface area contributed by atoms with E-state index in [-0.39, 0.29) is 5.82 Å². The predicted octanol–water partition coefficient (Wildman–Crippen LogP) is 4.38. The summed E-state index contributed by atoms with van der Waals surface area (Å²) in [4.78, 5) is 4.45. The van der Waals surface area contributed by atoms with Crippen molar-refractivity contribution in [2.24, 2.45) is 0 Å². The highest BCUT2D eigenvalue weighted by molar-refractivity contribution is 7.13. The second kappa shape index (κ2) is 4.34. The first-order valence-corrected chi connectivity index (χ1v) is 6.18. The van der Waals surface area contributed by atoms with Crippen LogP contribution in [0.3, 0.4) is 0 Å². The molecule has 0 aliphatic carbocycles. The molecule has 0 amide bonds. The molecule has 2 rings (SSSR count). The van der Waals surface area contributed by atoms with Crippen molar-refractivity contribution in [2.45, 2.75) is 26.7 Å². The van der Waals surface area contributed by atoms with E-state index in [0.717, 1.165) is 16.3 Å². The molecule has 0 unspecified atom stereocenters. The summed E-state index contributed by atoms with van der Waals surface area (Å²) in [6.07, 6.45) is 0. The Morgan fingerprint density at radius 3 is 2.62 bits per heavy atom. The molecule has 0 fully saturated rings. The van der Waals surface area contributed by atoms with Crippen LogP contribution in [0.5, 0.6) is 0 Å². The summed E-state index contributed by atoms with van der Waals surface area (Å²) in [7, 11) is 0. The zero-order chi connectivity index (χ0) is 11.7. The van der Waals surface area contributed by atoms with Crippen LogP contribution in [0.25, 0.3) is 10.6 Å². The smallest absolute Gasteiger partial charge is 0.133 e. The van der Waals surface area contributed by atoms with Gasteiger partial charge in [-0.2, -0.15) is 0 Å². The van der Waals surface area contributed by atoms with Crippen LogP contribution in [-0.2, 0) is 0 Å². The van der Waals surface area contributed by atoms with Gasteiger partial charge >= 0.3 is 0 Å². The third-order valence-electron chi connectivity index (χ3n) is 2.47. The lowest BCUT2D eigenvalue weighted by Gasteiger charge is -2.01. The molecule has 2 aromatic rings. The van der Waals surface area contributed by atoms with E-state index in [1.54, 1.807) is 12.1 Å². The molecule has 0 N–H and O–H groups in total. The number of thiazole rings is 1. The second-order valence-corrected chi connectivity index (χ2v) is 5.07. The Kier molecular flexibility index (Phi) is 3.06. The topological polar surface area (TPSA) is 12.9 Å². The molecule has 0 saturated carbocycles. The highest BCUT2D eigenvalue weighted by Crippen LogP contribution is 2.29. The largest absolute Gasteiger partial charge is 0.241 e. The number of nitrogens with zero attached hydrogens (tertiary/aromatic N) is 1. The number of hydrogen-bond acceptors (Lipinski definition) is 2. The quantitative estimate of drug-likeness (QED) is 0.752. The molecule has 16 heavy (non-hydrogen) atoms. The zero-order valence-corrected chi connectivity index (χ0v) is 10.4. The fourth-order valence-electron chi connectivity index (χ4n) is 1.47. The summed E-state index contributed by atoms with van der Waals surface area (Å²) in [5.74, 6) is 0.197. The molecule has 0 bridgehead atoms. The monoisotopic (exact) mass is 235 g/mol. The van der Waals surface area contributed by atoms with Gasteiger partial charge in [0.1, 0.15) is 10.8 Å². The standard InChI is InChI=1S/C13H14FNS/c1-8(2)12-7-16-13(15-12)10-5-4-9(3)6-11(10)14/h4-8H,1-3H3. The molecule has 0 atom stereocenters. The summed E-state index contributed by atoms with van der Waals surface area (Å²) in [6, 6.07) is 5.26. The lowest BCUT2D eigenvalue weighted by Crippen LogP contribution is -1.89. The highest BCUT2D eigenvalue weighted by atomic mass is 32.1. The van der Waals surface area contributed by atoms with Crippen molar-refractivity contribution in [1.82, 2.24) is 4.98 Å². The van der Waals surface area contributed by atoms with E-state index in [9.17, 15) is 4.39 Å². The zero-order valence-electron chi connectivity index (χ0n) is 9.62. The van der Waals surface area contributed by atoms with Crippen molar-refractivity contribution in [1.29, 1.82) is 0 Å². The summed E-state index contributed by atoms with van der Waals surface area (Å²) >= 11 is 1.50. The Labute approximate surface area is 99.0 Å². The first-order valence-electron chi connectivity index (χ1n) is 5.30. The fraction of sp³-hybridized carbons (Fsp3) is 0.308. The predicted molar refractivity (Wildman–Crippen MR) is 66.3 cm³/mol. The maximum Gasteiger partial charge on any atom is 0.133 e. The molecule has 0 spiro atoms. The minimum atomic E-state index is -0.190. The van der Waals surface area contributed by atoms with E-state index in [1.165, 1.54) is 11.3 Å². The molecule has 1 aromatic carbocycles. The van der Waals surface area contributed by atoms with Gasteiger partial charge in [-0.3, -0.25) is 0 Å². The van der Waals surface area contributed by atoms with E-state index in [1.807, 2.05) is 18.4 Å². The summed E-state index contributed by atoms with van der Waals surface area (Å²) < 4.78 is 13.7. The van der Waals surface area contributed by atoms with Crippen molar-refractivity contribution in [3.63, 3.8) is 0 Å². The van der Waals surface area contributed by atoms with Crippen LogP contribution < -0.4 is 0 Å². The Morgan fingerprint density at radius 1 is 1.31 bits per heavy atom. The molecule has 84 valence electrons. The lowest BCUT2D eigenvalue weighted by molar-refractivity contribution is 0.630. The van der Waals surface area contributed by atoms with Gasteiger partial charge in [-0.05, 0) is 30.5 Å². The number of aryl methyl sites for hydroxylation is 1. The first-order chi connectivity index (χ1) is 7.58. The van der Waals surface area contributed by atoms with E-state index in [2.05, 4.69) is 18.8 Å². The Morgan fingerprint density at radius 2 is 2.06 bits per heavy atom. The number of halogens is 1. The molecule has 0 saturated heterocycles. The average Bonchev–Trinajstić information content (AvgIpc) is 2.66. The third kappa shape index (κ3) is 2.14. The molecule has 0 aliphatic heterocycles. The first kappa shape index (κ1) is 11.3. The Hall–Kier alpha value is -1.22. The van der Waals surface area contributed by atoms with Gasteiger partial charge in [0, 0.05) is 10.9 Å². The van der Waals surface area contributed by atoms with Gasteiger partial charge in [-0.1, -0.05) is 19.9 Å². The van der Waals surface area contributed by atoms with Crippen LogP contribution in [0.15, 0.2) is 23.6 Å². The number of hydrogen-bond donors (Lipinski definition) is 0. The van der Waals surface area contributed by atoms with Crippen LogP contribution in [0.2, 0.25) is 0 Å². The van der Waals surface area contributed by atoms with Gasteiger partial charge in [0.25, 0.3) is 0 Å². The molecule has 3 heteroatoms. The van der Waals surface area contributed by atoms with Gasteiger partial charge in [-0.15, -0.1) is 11.3 Å². The average molecular weight is 235 g/mol. The number of benzene rings is 1. The lowest BCUT2D eigenvalue weighted by atomic mass is 10.1. The Bertz CT molecular complexity index is 502. The van der Waals surface area contributed by atoms with Crippen molar-refractivity contribution in [2.75, 3.05) is 0 Å². The second-order valence-electron chi connectivity index (χ2n) is 4.22. The van der Waals surface area contributed by atoms with Crippen molar-refractivity contribution >= 4 is 11.3 Å². The van der Waals surface area contributed by atoms with Crippen LogP contribution in [0, 0.1) is 12.7 Å². The molecular formula is C13H14FNS. The van der Waals surface area contributed by atoms with Crippen LogP contribution >= 0.6 is 11.3 Å². The summed E-state index contributed by atoms with van der Waals surface area (Å²) in [6.45, 7) is 6.06.